The van der Waals surface area contributed by atoms with Gasteiger partial charge < -0.3 is 14.1 Å². The van der Waals surface area contributed by atoms with Gasteiger partial charge in [0.1, 0.15) is 11.6 Å². The van der Waals surface area contributed by atoms with Crippen molar-refractivity contribution in [3.63, 3.8) is 0 Å². The Morgan fingerprint density at radius 3 is 2.90 bits per heavy atom. The van der Waals surface area contributed by atoms with Crippen molar-refractivity contribution < 1.29 is 18.7 Å². The Morgan fingerprint density at radius 2 is 2.14 bits per heavy atom. The number of hydrogen-bond donors (Lipinski definition) is 0. The van der Waals surface area contributed by atoms with Gasteiger partial charge in [-0.25, -0.2) is 4.79 Å². The number of likely N-dealkylation sites (tertiary alicyclic amines) is 1. The first kappa shape index (κ1) is 13.7. The van der Waals surface area contributed by atoms with E-state index >= 15 is 0 Å². The van der Waals surface area contributed by atoms with Gasteiger partial charge in [0.15, 0.2) is 5.76 Å². The average molecular weight is 287 g/mol. The molecule has 5 nitrogen and oxygen atoms in total. The van der Waals surface area contributed by atoms with Crippen molar-refractivity contribution in [2.24, 2.45) is 0 Å². The van der Waals surface area contributed by atoms with Crippen LogP contribution in [0.5, 0.6) is 0 Å². The lowest BCUT2D eigenvalue weighted by Gasteiger charge is -2.21. The van der Waals surface area contributed by atoms with Gasteiger partial charge in [-0.05, 0) is 37.5 Å². The molecular weight excluding hydrogens is 270 g/mol. The van der Waals surface area contributed by atoms with Crippen LogP contribution in [-0.2, 0) is 9.53 Å². The standard InChI is InChI=1S/C16H17NO4/c1-10-5-6-11-9-14(21-13(11)8-10)15(18)17-7-3-4-12(17)16(19)20-2/h5-6,8-9,12H,3-4,7H2,1-2H3. The van der Waals surface area contributed by atoms with E-state index in [0.29, 0.717) is 18.5 Å². The van der Waals surface area contributed by atoms with Gasteiger partial charge in [0.25, 0.3) is 5.91 Å². The van der Waals surface area contributed by atoms with E-state index in [0.717, 1.165) is 17.4 Å². The minimum Gasteiger partial charge on any atom is -0.467 e. The fraction of sp³-hybridized carbons (Fsp3) is 0.375. The molecule has 1 fully saturated rings. The quantitative estimate of drug-likeness (QED) is 0.796. The molecule has 5 heteroatoms. The van der Waals surface area contributed by atoms with E-state index in [4.69, 9.17) is 9.15 Å². The van der Waals surface area contributed by atoms with Crippen LogP contribution in [0.25, 0.3) is 11.0 Å². The Hall–Kier alpha value is -2.30. The SMILES string of the molecule is COC(=O)C1CCCN1C(=O)c1cc2ccc(C)cc2o1. The van der Waals surface area contributed by atoms with Crippen LogP contribution >= 0.6 is 0 Å². The summed E-state index contributed by atoms with van der Waals surface area (Å²) in [6, 6.07) is 7.02. The summed E-state index contributed by atoms with van der Waals surface area (Å²) >= 11 is 0. The number of nitrogens with zero attached hydrogens (tertiary/aromatic N) is 1. The van der Waals surface area contributed by atoms with Gasteiger partial charge in [-0.2, -0.15) is 0 Å². The zero-order chi connectivity index (χ0) is 15.0. The molecule has 1 aliphatic rings. The summed E-state index contributed by atoms with van der Waals surface area (Å²) in [5, 5.41) is 0.887. The molecule has 110 valence electrons. The number of furan rings is 1. The summed E-state index contributed by atoms with van der Waals surface area (Å²) in [6.07, 6.45) is 1.43. The van der Waals surface area contributed by atoms with Gasteiger partial charge in [0.05, 0.1) is 7.11 Å². The number of aryl methyl sites for hydroxylation is 1. The van der Waals surface area contributed by atoms with Crippen molar-refractivity contribution in [2.75, 3.05) is 13.7 Å². The van der Waals surface area contributed by atoms with Gasteiger partial charge >= 0.3 is 5.97 Å². The second-order valence-corrected chi connectivity index (χ2v) is 5.33. The van der Waals surface area contributed by atoms with Gasteiger partial charge in [0, 0.05) is 11.9 Å². The maximum absolute atomic E-state index is 12.6. The third kappa shape index (κ3) is 2.39. The molecule has 0 bridgehead atoms. The molecule has 0 radical (unpaired) electrons. The smallest absolute Gasteiger partial charge is 0.328 e. The Labute approximate surface area is 122 Å². The second-order valence-electron chi connectivity index (χ2n) is 5.33. The molecule has 1 aliphatic heterocycles. The van der Waals surface area contributed by atoms with Crippen molar-refractivity contribution in [1.82, 2.24) is 4.90 Å². The highest BCUT2D eigenvalue weighted by Gasteiger charge is 2.36. The molecule has 2 heterocycles. The molecule has 0 aliphatic carbocycles. The molecular formula is C16H17NO4. The Kier molecular flexibility index (Phi) is 3.41. The number of benzene rings is 1. The molecule has 0 spiro atoms. The highest BCUT2D eigenvalue weighted by Crippen LogP contribution is 2.25. The number of carbonyl (C=O) groups is 2. The number of ether oxygens (including phenoxy) is 1. The molecule has 0 N–H and O–H groups in total. The average Bonchev–Trinajstić information content (AvgIpc) is 3.11. The number of esters is 1. The summed E-state index contributed by atoms with van der Waals surface area (Å²) in [7, 11) is 1.34. The van der Waals surface area contributed by atoms with Crippen LogP contribution in [-0.4, -0.2) is 36.5 Å². The molecule has 21 heavy (non-hydrogen) atoms. The largest absolute Gasteiger partial charge is 0.467 e. The Balaban J connectivity index is 1.91. The fourth-order valence-corrected chi connectivity index (χ4v) is 2.78. The van der Waals surface area contributed by atoms with Crippen LogP contribution in [0, 0.1) is 6.92 Å². The second kappa shape index (κ2) is 5.24. The lowest BCUT2D eigenvalue weighted by Crippen LogP contribution is -2.40. The van der Waals surface area contributed by atoms with Crippen LogP contribution in [0.2, 0.25) is 0 Å². The number of rotatable bonds is 2. The number of hydrogen-bond acceptors (Lipinski definition) is 4. The lowest BCUT2D eigenvalue weighted by molar-refractivity contribution is -0.145. The van der Waals surface area contributed by atoms with Crippen LogP contribution in [0.3, 0.4) is 0 Å². The third-order valence-electron chi connectivity index (χ3n) is 3.87. The number of amides is 1. The van der Waals surface area contributed by atoms with Crippen molar-refractivity contribution in [1.29, 1.82) is 0 Å². The predicted molar refractivity (Wildman–Crippen MR) is 77.0 cm³/mol. The van der Waals surface area contributed by atoms with E-state index in [-0.39, 0.29) is 17.6 Å². The highest BCUT2D eigenvalue weighted by atomic mass is 16.5. The summed E-state index contributed by atoms with van der Waals surface area (Å²) in [4.78, 5) is 25.8. The molecule has 1 saturated heterocycles. The van der Waals surface area contributed by atoms with Gasteiger partial charge in [-0.1, -0.05) is 12.1 Å². The van der Waals surface area contributed by atoms with Gasteiger partial charge in [-0.15, -0.1) is 0 Å². The van der Waals surface area contributed by atoms with Crippen molar-refractivity contribution in [3.8, 4) is 0 Å². The number of fused-ring (bicyclic) bond motifs is 1. The summed E-state index contributed by atoms with van der Waals surface area (Å²) in [5.74, 6) is -0.351. The molecule has 3 rings (SSSR count). The monoisotopic (exact) mass is 287 g/mol. The summed E-state index contributed by atoms with van der Waals surface area (Å²) in [5.41, 5.74) is 1.76. The van der Waals surface area contributed by atoms with Crippen molar-refractivity contribution in [2.45, 2.75) is 25.8 Å². The minimum atomic E-state index is -0.502. The maximum atomic E-state index is 12.6. The van der Waals surface area contributed by atoms with Crippen molar-refractivity contribution in [3.05, 3.63) is 35.6 Å². The number of methoxy groups -OCH3 is 1. The zero-order valence-electron chi connectivity index (χ0n) is 12.1. The van der Waals surface area contributed by atoms with E-state index in [9.17, 15) is 9.59 Å². The molecule has 1 unspecified atom stereocenters. The van der Waals surface area contributed by atoms with E-state index in [1.165, 1.54) is 12.0 Å². The molecule has 2 aromatic rings. The fourth-order valence-electron chi connectivity index (χ4n) is 2.78. The first-order chi connectivity index (χ1) is 10.1. The summed E-state index contributed by atoms with van der Waals surface area (Å²) in [6.45, 7) is 2.52. The molecule has 0 saturated carbocycles. The van der Waals surface area contributed by atoms with Crippen LogP contribution in [0.4, 0.5) is 0 Å². The molecule has 1 aromatic heterocycles. The third-order valence-corrected chi connectivity index (χ3v) is 3.87. The van der Waals surface area contributed by atoms with Gasteiger partial charge in [-0.3, -0.25) is 4.79 Å². The Morgan fingerprint density at radius 1 is 1.33 bits per heavy atom. The number of carbonyl (C=O) groups excluding carboxylic acids is 2. The Bertz CT molecular complexity index is 703. The lowest BCUT2D eigenvalue weighted by atomic mass is 10.2. The normalized spacial score (nSPS) is 18.2. The molecule has 1 aromatic carbocycles. The van der Waals surface area contributed by atoms with E-state index < -0.39 is 6.04 Å². The summed E-state index contributed by atoms with van der Waals surface area (Å²) < 4.78 is 10.4. The highest BCUT2D eigenvalue weighted by molar-refractivity contribution is 5.98. The minimum absolute atomic E-state index is 0.253. The van der Waals surface area contributed by atoms with Crippen LogP contribution in [0.1, 0.15) is 29.0 Å². The van der Waals surface area contributed by atoms with E-state index in [2.05, 4.69) is 0 Å². The van der Waals surface area contributed by atoms with E-state index in [1.807, 2.05) is 25.1 Å². The van der Waals surface area contributed by atoms with Gasteiger partial charge in [0.2, 0.25) is 0 Å². The first-order valence-corrected chi connectivity index (χ1v) is 6.99. The maximum Gasteiger partial charge on any atom is 0.328 e. The van der Waals surface area contributed by atoms with Crippen LogP contribution in [0.15, 0.2) is 28.7 Å². The first-order valence-electron chi connectivity index (χ1n) is 6.99. The van der Waals surface area contributed by atoms with E-state index in [1.54, 1.807) is 6.07 Å². The predicted octanol–water partition coefficient (Wildman–Crippen LogP) is 2.52. The zero-order valence-corrected chi connectivity index (χ0v) is 12.1. The topological polar surface area (TPSA) is 59.8 Å². The van der Waals surface area contributed by atoms with Crippen LogP contribution < -0.4 is 0 Å². The van der Waals surface area contributed by atoms with Crippen molar-refractivity contribution >= 4 is 22.8 Å². The molecule has 1 amide bonds. The molecule has 1 atom stereocenters.